The van der Waals surface area contributed by atoms with Crippen molar-refractivity contribution < 1.29 is 30.0 Å². The number of phenols is 4. The molecule has 3 aromatic rings. The van der Waals surface area contributed by atoms with Crippen LogP contribution in [0.15, 0.2) is 60.7 Å². The number of hydrogen-bond acceptors (Lipinski definition) is 6. The maximum atomic E-state index is 12.3. The second-order valence-corrected chi connectivity index (χ2v) is 5.90. The van der Waals surface area contributed by atoms with Gasteiger partial charge >= 0.3 is 0 Å². The molecule has 0 aliphatic carbocycles. The van der Waals surface area contributed by atoms with Crippen LogP contribution in [0.2, 0.25) is 0 Å². The first-order valence-corrected chi connectivity index (χ1v) is 8.10. The number of carbonyl (C=O) groups excluding carboxylic acids is 2. The van der Waals surface area contributed by atoms with Gasteiger partial charge in [0.05, 0.1) is 0 Å². The third-order valence-corrected chi connectivity index (χ3v) is 3.85. The Hall–Kier alpha value is -4.20. The molecule has 0 heterocycles. The molecule has 0 saturated carbocycles. The van der Waals surface area contributed by atoms with Crippen molar-refractivity contribution in [3.05, 3.63) is 71.8 Å². The molecule has 0 radical (unpaired) electrons. The molecule has 142 valence electrons. The Morgan fingerprint density at radius 1 is 0.571 bits per heavy atom. The number of anilines is 2. The largest absolute Gasteiger partial charge is 0.504 e. The summed E-state index contributed by atoms with van der Waals surface area (Å²) in [7, 11) is 0. The van der Waals surface area contributed by atoms with E-state index in [4.69, 9.17) is 0 Å². The van der Waals surface area contributed by atoms with E-state index in [-0.39, 0.29) is 22.6 Å². The summed E-state index contributed by atoms with van der Waals surface area (Å²) in [5, 5.41) is 42.8. The number of phenolic OH excluding ortho intramolecular Hbond substituents is 4. The predicted octanol–water partition coefficient (Wildman–Crippen LogP) is 3.01. The average Bonchev–Trinajstić information content (AvgIpc) is 2.66. The number of amides is 2. The van der Waals surface area contributed by atoms with Crippen LogP contribution in [0.3, 0.4) is 0 Å². The van der Waals surface area contributed by atoms with Gasteiger partial charge in [-0.1, -0.05) is 6.07 Å². The molecule has 0 aromatic heterocycles. The number of carbonyl (C=O) groups is 2. The summed E-state index contributed by atoms with van der Waals surface area (Å²) in [5.74, 6) is -2.51. The standard InChI is InChI=1S/C20H16N2O6/c23-15-6-4-11(8-17(15)25)19(27)21-13-2-1-3-14(10-13)22-20(28)12-5-7-16(24)18(26)9-12/h1-10,23-26H,(H,21,27)(H,22,28). The highest BCUT2D eigenvalue weighted by Gasteiger charge is 2.12. The molecule has 0 unspecified atom stereocenters. The lowest BCUT2D eigenvalue weighted by Crippen LogP contribution is -2.14. The lowest BCUT2D eigenvalue weighted by Gasteiger charge is -2.10. The van der Waals surface area contributed by atoms with E-state index in [1.165, 1.54) is 30.3 Å². The van der Waals surface area contributed by atoms with E-state index in [1.807, 2.05) is 0 Å². The van der Waals surface area contributed by atoms with Crippen molar-refractivity contribution in [1.82, 2.24) is 0 Å². The van der Waals surface area contributed by atoms with E-state index in [2.05, 4.69) is 10.6 Å². The Morgan fingerprint density at radius 2 is 1.00 bits per heavy atom. The van der Waals surface area contributed by atoms with Crippen LogP contribution in [0, 0.1) is 0 Å². The van der Waals surface area contributed by atoms with Gasteiger partial charge in [0, 0.05) is 22.5 Å². The van der Waals surface area contributed by atoms with Crippen LogP contribution in [0.5, 0.6) is 23.0 Å². The fraction of sp³-hybridized carbons (Fsp3) is 0. The van der Waals surface area contributed by atoms with Crippen LogP contribution >= 0.6 is 0 Å². The van der Waals surface area contributed by atoms with Gasteiger partial charge in [0.25, 0.3) is 11.8 Å². The first-order valence-electron chi connectivity index (χ1n) is 8.10. The molecule has 3 aromatic carbocycles. The Kier molecular flexibility index (Phi) is 5.03. The molecule has 6 N–H and O–H groups in total. The van der Waals surface area contributed by atoms with Crippen molar-refractivity contribution in [2.24, 2.45) is 0 Å². The van der Waals surface area contributed by atoms with Crippen LogP contribution in [0.25, 0.3) is 0 Å². The highest BCUT2D eigenvalue weighted by Crippen LogP contribution is 2.27. The summed E-state index contributed by atoms with van der Waals surface area (Å²) in [6.07, 6.45) is 0. The SMILES string of the molecule is O=C(Nc1cccc(NC(=O)c2ccc(O)c(O)c2)c1)c1ccc(O)c(O)c1. The van der Waals surface area contributed by atoms with Gasteiger partial charge in [-0.25, -0.2) is 0 Å². The van der Waals surface area contributed by atoms with Gasteiger partial charge in [-0.3, -0.25) is 9.59 Å². The van der Waals surface area contributed by atoms with E-state index < -0.39 is 23.3 Å². The minimum atomic E-state index is -0.512. The highest BCUT2D eigenvalue weighted by molar-refractivity contribution is 6.06. The lowest BCUT2D eigenvalue weighted by molar-refractivity contribution is 0.101. The van der Waals surface area contributed by atoms with E-state index in [0.717, 1.165) is 12.1 Å². The van der Waals surface area contributed by atoms with Gasteiger partial charge in [0.15, 0.2) is 23.0 Å². The summed E-state index contributed by atoms with van der Waals surface area (Å²) < 4.78 is 0. The maximum absolute atomic E-state index is 12.3. The van der Waals surface area contributed by atoms with Crippen molar-refractivity contribution >= 4 is 23.2 Å². The smallest absolute Gasteiger partial charge is 0.255 e. The molecule has 0 aliphatic heterocycles. The zero-order valence-electron chi connectivity index (χ0n) is 14.4. The predicted molar refractivity (Wildman–Crippen MR) is 102 cm³/mol. The molecular weight excluding hydrogens is 364 g/mol. The minimum Gasteiger partial charge on any atom is -0.504 e. The topological polar surface area (TPSA) is 139 Å². The van der Waals surface area contributed by atoms with Crippen LogP contribution in [0.1, 0.15) is 20.7 Å². The van der Waals surface area contributed by atoms with E-state index in [1.54, 1.807) is 18.2 Å². The van der Waals surface area contributed by atoms with Gasteiger partial charge < -0.3 is 31.1 Å². The molecular formula is C20H16N2O6. The van der Waals surface area contributed by atoms with Gasteiger partial charge in [0.1, 0.15) is 0 Å². The number of rotatable bonds is 4. The third kappa shape index (κ3) is 4.13. The fourth-order valence-electron chi connectivity index (χ4n) is 2.41. The van der Waals surface area contributed by atoms with Gasteiger partial charge in [-0.15, -0.1) is 0 Å². The maximum Gasteiger partial charge on any atom is 0.255 e. The summed E-state index contributed by atoms with van der Waals surface area (Å²) in [6, 6.07) is 13.7. The van der Waals surface area contributed by atoms with Crippen LogP contribution < -0.4 is 10.6 Å². The van der Waals surface area contributed by atoms with Crippen molar-refractivity contribution in [3.63, 3.8) is 0 Å². The summed E-state index contributed by atoms with van der Waals surface area (Å²) in [6.45, 7) is 0. The first kappa shape index (κ1) is 18.6. The van der Waals surface area contributed by atoms with E-state index >= 15 is 0 Å². The second-order valence-electron chi connectivity index (χ2n) is 5.90. The summed E-state index contributed by atoms with van der Waals surface area (Å²) >= 11 is 0. The number of nitrogens with one attached hydrogen (secondary N) is 2. The molecule has 3 rings (SSSR count). The molecule has 0 atom stereocenters. The van der Waals surface area contributed by atoms with Crippen LogP contribution in [-0.2, 0) is 0 Å². The minimum absolute atomic E-state index is 0.143. The zero-order valence-corrected chi connectivity index (χ0v) is 14.4. The molecule has 0 fully saturated rings. The Bertz CT molecular complexity index is 984. The molecule has 0 aliphatic rings. The Labute approximate surface area is 159 Å². The van der Waals surface area contributed by atoms with Crippen molar-refractivity contribution in [2.75, 3.05) is 10.6 Å². The van der Waals surface area contributed by atoms with E-state index in [0.29, 0.717) is 11.4 Å². The average molecular weight is 380 g/mol. The van der Waals surface area contributed by atoms with E-state index in [9.17, 15) is 30.0 Å². The molecule has 0 bridgehead atoms. The first-order chi connectivity index (χ1) is 13.3. The number of benzene rings is 3. The molecule has 28 heavy (non-hydrogen) atoms. The highest BCUT2D eigenvalue weighted by atomic mass is 16.3. The lowest BCUT2D eigenvalue weighted by atomic mass is 10.1. The fourth-order valence-corrected chi connectivity index (χ4v) is 2.41. The third-order valence-electron chi connectivity index (χ3n) is 3.85. The van der Waals surface area contributed by atoms with Gasteiger partial charge in [-0.2, -0.15) is 0 Å². The molecule has 2 amide bonds. The van der Waals surface area contributed by atoms with Crippen LogP contribution in [-0.4, -0.2) is 32.2 Å². The Morgan fingerprint density at radius 3 is 1.39 bits per heavy atom. The number of aromatic hydroxyl groups is 4. The Balaban J connectivity index is 1.72. The molecule has 8 nitrogen and oxygen atoms in total. The molecule has 0 saturated heterocycles. The van der Waals surface area contributed by atoms with Crippen molar-refractivity contribution in [3.8, 4) is 23.0 Å². The van der Waals surface area contributed by atoms with Gasteiger partial charge in [-0.05, 0) is 54.6 Å². The zero-order chi connectivity index (χ0) is 20.3. The monoisotopic (exact) mass is 380 g/mol. The number of hydrogen-bond donors (Lipinski definition) is 6. The second kappa shape index (κ2) is 7.58. The normalized spacial score (nSPS) is 10.3. The van der Waals surface area contributed by atoms with Gasteiger partial charge in [0.2, 0.25) is 0 Å². The summed E-state index contributed by atoms with van der Waals surface area (Å²) in [5.41, 5.74) is 1.07. The quantitative estimate of drug-likeness (QED) is 0.385. The van der Waals surface area contributed by atoms with Crippen molar-refractivity contribution in [1.29, 1.82) is 0 Å². The van der Waals surface area contributed by atoms with Crippen LogP contribution in [0.4, 0.5) is 11.4 Å². The molecule has 8 heteroatoms. The van der Waals surface area contributed by atoms with Crippen molar-refractivity contribution in [2.45, 2.75) is 0 Å². The summed E-state index contributed by atoms with van der Waals surface area (Å²) in [4.78, 5) is 24.5. The molecule has 0 spiro atoms.